The van der Waals surface area contributed by atoms with Gasteiger partial charge in [0.25, 0.3) is 5.56 Å². The lowest BCUT2D eigenvalue weighted by atomic mass is 9.58. The molecule has 1 N–H and O–H groups in total. The fraction of sp³-hybridized carbons (Fsp3) is 0.500. The van der Waals surface area contributed by atoms with Crippen LogP contribution in [0, 0.1) is 11.8 Å². The first-order valence-corrected chi connectivity index (χ1v) is 13.4. The van der Waals surface area contributed by atoms with Gasteiger partial charge in [0.1, 0.15) is 35.1 Å². The third-order valence-electron chi connectivity index (χ3n) is 8.40. The molecule has 206 valence electrons. The highest BCUT2D eigenvalue weighted by molar-refractivity contribution is 5.80. The number of hydrogen-bond acceptors (Lipinski definition) is 5. The number of rotatable bonds is 5. The van der Waals surface area contributed by atoms with Gasteiger partial charge in [0.15, 0.2) is 0 Å². The zero-order chi connectivity index (χ0) is 27.5. The van der Waals surface area contributed by atoms with Crippen LogP contribution in [-0.2, 0) is 25.2 Å². The first kappa shape index (κ1) is 25.8. The third-order valence-corrected chi connectivity index (χ3v) is 8.40. The van der Waals surface area contributed by atoms with Crippen LogP contribution in [0.1, 0.15) is 62.2 Å². The largest absolute Gasteiger partial charge is 0.420 e. The summed E-state index contributed by atoms with van der Waals surface area (Å²) in [6.07, 6.45) is 2.04. The van der Waals surface area contributed by atoms with Crippen LogP contribution in [0.5, 0.6) is 0 Å². The molecule has 1 atom stereocenters. The van der Waals surface area contributed by atoms with Crippen molar-refractivity contribution < 1.29 is 13.2 Å². The number of H-pyrrole nitrogens is 1. The molecule has 3 aromatic heterocycles. The normalized spacial score (nSPS) is 24.3. The number of nitrogens with zero attached hydrogens (tertiary/aromatic N) is 6. The first-order valence-electron chi connectivity index (χ1n) is 13.4. The minimum atomic E-state index is -4.63. The maximum Gasteiger partial charge on any atom is 0.420 e. The van der Waals surface area contributed by atoms with Crippen LogP contribution in [0.4, 0.5) is 13.2 Å². The Morgan fingerprint density at radius 3 is 2.62 bits per heavy atom. The Bertz CT molecular complexity index is 1580. The number of aryl methyl sites for hydroxylation is 1. The maximum atomic E-state index is 14.2. The first-order chi connectivity index (χ1) is 18.6. The second-order valence-corrected chi connectivity index (χ2v) is 11.5. The van der Waals surface area contributed by atoms with Crippen LogP contribution in [0.25, 0.3) is 16.7 Å². The SMILES string of the molecule is CC1CC(c2cccc(-n3cnc4c(C(F)(F)F)c(CN5CCC[C@H](C)C5)[nH]c4c3=O)c2)(c2nncn2C)C1. The van der Waals surface area contributed by atoms with Gasteiger partial charge in [-0.2, -0.15) is 13.2 Å². The van der Waals surface area contributed by atoms with Gasteiger partial charge in [0.2, 0.25) is 0 Å². The Morgan fingerprint density at radius 1 is 1.15 bits per heavy atom. The number of aromatic amines is 1. The van der Waals surface area contributed by atoms with Crippen molar-refractivity contribution in [3.63, 3.8) is 0 Å². The zero-order valence-corrected chi connectivity index (χ0v) is 22.3. The van der Waals surface area contributed by atoms with E-state index in [1.165, 1.54) is 10.9 Å². The van der Waals surface area contributed by atoms with Crippen molar-refractivity contribution in [1.29, 1.82) is 0 Å². The molecule has 11 heteroatoms. The molecule has 0 radical (unpaired) electrons. The fourth-order valence-corrected chi connectivity index (χ4v) is 6.72. The van der Waals surface area contributed by atoms with Crippen LogP contribution in [0.3, 0.4) is 0 Å². The molecular formula is C28H32F3N7O. The summed E-state index contributed by atoms with van der Waals surface area (Å²) in [7, 11) is 1.91. The van der Waals surface area contributed by atoms with Gasteiger partial charge < -0.3 is 9.55 Å². The molecule has 2 aliphatic rings. The molecule has 1 saturated heterocycles. The lowest BCUT2D eigenvalue weighted by Crippen LogP contribution is -2.43. The quantitative estimate of drug-likeness (QED) is 0.394. The van der Waals surface area contributed by atoms with E-state index in [0.717, 1.165) is 50.2 Å². The third kappa shape index (κ3) is 4.36. The van der Waals surface area contributed by atoms with Crippen LogP contribution in [-0.4, -0.2) is 47.3 Å². The number of likely N-dealkylation sites (tertiary alicyclic amines) is 1. The smallest absolute Gasteiger partial charge is 0.351 e. The minimum Gasteiger partial charge on any atom is -0.351 e. The number of benzene rings is 1. The van der Waals surface area contributed by atoms with Crippen molar-refractivity contribution >= 4 is 11.0 Å². The number of alkyl halides is 3. The Morgan fingerprint density at radius 2 is 1.95 bits per heavy atom. The predicted molar refractivity (Wildman–Crippen MR) is 141 cm³/mol. The molecule has 6 rings (SSSR count). The minimum absolute atomic E-state index is 0.00704. The summed E-state index contributed by atoms with van der Waals surface area (Å²) >= 11 is 0. The molecule has 1 aliphatic carbocycles. The van der Waals surface area contributed by atoms with E-state index >= 15 is 0 Å². The summed E-state index contributed by atoms with van der Waals surface area (Å²) < 4.78 is 45.9. The van der Waals surface area contributed by atoms with Crippen molar-refractivity contribution in [3.05, 3.63) is 69.9 Å². The molecule has 0 unspecified atom stereocenters. The van der Waals surface area contributed by atoms with E-state index in [1.807, 2.05) is 34.7 Å². The van der Waals surface area contributed by atoms with Gasteiger partial charge in [-0.25, -0.2) is 4.98 Å². The predicted octanol–water partition coefficient (Wildman–Crippen LogP) is 4.81. The molecular weight excluding hydrogens is 507 g/mol. The molecule has 39 heavy (non-hydrogen) atoms. The molecule has 2 fully saturated rings. The number of halogens is 3. The van der Waals surface area contributed by atoms with Crippen molar-refractivity contribution in [1.82, 2.24) is 34.2 Å². The average molecular weight is 540 g/mol. The van der Waals surface area contributed by atoms with Gasteiger partial charge in [0, 0.05) is 25.8 Å². The van der Waals surface area contributed by atoms with Gasteiger partial charge in [-0.1, -0.05) is 26.0 Å². The summed E-state index contributed by atoms with van der Waals surface area (Å²) in [5.74, 6) is 1.78. The monoisotopic (exact) mass is 539 g/mol. The lowest BCUT2D eigenvalue weighted by Gasteiger charge is -2.46. The summed E-state index contributed by atoms with van der Waals surface area (Å²) in [5, 5.41) is 8.46. The Kier molecular flexibility index (Phi) is 6.16. The van der Waals surface area contributed by atoms with Gasteiger partial charge >= 0.3 is 6.18 Å². The van der Waals surface area contributed by atoms with Crippen molar-refractivity contribution in [3.8, 4) is 5.69 Å². The standard InChI is InChI=1S/C28H32F3N7O/c1-17-6-5-9-37(13-17)14-21-22(28(29,30)31)23-24(34-21)25(39)38(15-32-23)20-8-4-7-19(10-20)27(11-18(2)12-27)26-35-33-16-36(26)3/h4,7-8,10,15-18,34H,5-6,9,11-14H2,1-3H3/t17-,18?,27?/m0/s1. The Labute approximate surface area is 223 Å². The van der Waals surface area contributed by atoms with Gasteiger partial charge in [-0.15, -0.1) is 10.2 Å². The van der Waals surface area contributed by atoms with Crippen molar-refractivity contribution in [2.75, 3.05) is 13.1 Å². The molecule has 1 aliphatic heterocycles. The van der Waals surface area contributed by atoms with Crippen LogP contribution in [0.15, 0.2) is 41.7 Å². The summed E-state index contributed by atoms with van der Waals surface area (Å²) in [6.45, 7) is 5.85. The van der Waals surface area contributed by atoms with Gasteiger partial charge in [-0.3, -0.25) is 14.3 Å². The van der Waals surface area contributed by atoms with Crippen LogP contribution in [0.2, 0.25) is 0 Å². The molecule has 0 spiro atoms. The van der Waals surface area contributed by atoms with Crippen molar-refractivity contribution in [2.45, 2.75) is 57.7 Å². The Hall–Kier alpha value is -3.47. The number of piperidine rings is 1. The number of hydrogen-bond donors (Lipinski definition) is 1. The van der Waals surface area contributed by atoms with E-state index in [-0.39, 0.29) is 28.7 Å². The zero-order valence-electron chi connectivity index (χ0n) is 22.3. The Balaban J connectivity index is 1.43. The number of fused-ring (bicyclic) bond motifs is 1. The lowest BCUT2D eigenvalue weighted by molar-refractivity contribution is -0.137. The average Bonchev–Trinajstić information content (AvgIpc) is 3.46. The molecule has 0 bridgehead atoms. The highest BCUT2D eigenvalue weighted by Crippen LogP contribution is 2.51. The van der Waals surface area contributed by atoms with Crippen LogP contribution < -0.4 is 5.56 Å². The summed E-state index contributed by atoms with van der Waals surface area (Å²) in [6, 6.07) is 7.56. The molecule has 1 saturated carbocycles. The van der Waals surface area contributed by atoms with E-state index in [0.29, 0.717) is 17.5 Å². The van der Waals surface area contributed by atoms with Crippen LogP contribution >= 0.6 is 0 Å². The van der Waals surface area contributed by atoms with Gasteiger partial charge in [0.05, 0.1) is 11.1 Å². The molecule has 8 nitrogen and oxygen atoms in total. The molecule has 1 aromatic carbocycles. The van der Waals surface area contributed by atoms with E-state index in [1.54, 1.807) is 12.4 Å². The van der Waals surface area contributed by atoms with E-state index in [2.05, 4.69) is 34.0 Å². The number of aromatic nitrogens is 6. The second kappa shape index (κ2) is 9.32. The highest BCUT2D eigenvalue weighted by Gasteiger charge is 2.48. The topological polar surface area (TPSA) is 84.6 Å². The molecule has 4 heterocycles. The fourth-order valence-electron chi connectivity index (χ4n) is 6.72. The highest BCUT2D eigenvalue weighted by atomic mass is 19.4. The molecule has 0 amide bonds. The van der Waals surface area contributed by atoms with E-state index in [9.17, 15) is 18.0 Å². The van der Waals surface area contributed by atoms with E-state index in [4.69, 9.17) is 0 Å². The van der Waals surface area contributed by atoms with Crippen molar-refractivity contribution in [2.24, 2.45) is 18.9 Å². The summed E-state index contributed by atoms with van der Waals surface area (Å²) in [4.78, 5) is 22.7. The second-order valence-electron chi connectivity index (χ2n) is 11.5. The van der Waals surface area contributed by atoms with Gasteiger partial charge in [-0.05, 0) is 61.8 Å². The summed E-state index contributed by atoms with van der Waals surface area (Å²) in [5.41, 5.74) is -0.678. The van der Waals surface area contributed by atoms with E-state index < -0.39 is 17.3 Å². The molecule has 4 aromatic rings. The maximum absolute atomic E-state index is 14.2. The number of nitrogens with one attached hydrogen (secondary N) is 1.